The van der Waals surface area contributed by atoms with Gasteiger partial charge in [0.05, 0.1) is 0 Å². The first-order valence-electron chi connectivity index (χ1n) is 10.7. The summed E-state index contributed by atoms with van der Waals surface area (Å²) < 4.78 is 39.8. The Morgan fingerprint density at radius 1 is 1.09 bits per heavy atom. The van der Waals surface area contributed by atoms with Gasteiger partial charge >= 0.3 is 5.97 Å². The molecule has 3 aromatic rings. The molecule has 0 aliphatic rings. The first kappa shape index (κ1) is 25.1. The van der Waals surface area contributed by atoms with Crippen molar-refractivity contribution >= 4 is 5.97 Å². The molecule has 0 saturated heterocycles. The van der Waals surface area contributed by atoms with Gasteiger partial charge in [-0.15, -0.1) is 0 Å². The van der Waals surface area contributed by atoms with Crippen molar-refractivity contribution in [1.29, 1.82) is 0 Å². The Bertz CT molecular complexity index is 1170. The van der Waals surface area contributed by atoms with Crippen LogP contribution in [0.5, 0.6) is 17.5 Å². The monoisotopic (exact) mass is 471 g/mol. The van der Waals surface area contributed by atoms with Crippen molar-refractivity contribution in [3.05, 3.63) is 71.3 Å². The molecular weight excluding hydrogens is 444 g/mol. The highest BCUT2D eigenvalue weighted by atomic mass is 19.1. The van der Waals surface area contributed by atoms with E-state index in [1.165, 1.54) is 0 Å². The number of carbonyl (C=O) groups is 1. The van der Waals surface area contributed by atoms with Gasteiger partial charge in [0.15, 0.2) is 17.7 Å². The third-order valence-corrected chi connectivity index (χ3v) is 5.02. The van der Waals surface area contributed by atoms with Crippen LogP contribution in [0.15, 0.2) is 48.5 Å². The fraction of sp³-hybridized carbons (Fsp3) is 0.280. The lowest BCUT2D eigenvalue weighted by Gasteiger charge is -2.17. The third kappa shape index (κ3) is 6.06. The van der Waals surface area contributed by atoms with E-state index in [4.69, 9.17) is 15.2 Å². The van der Waals surface area contributed by atoms with Crippen molar-refractivity contribution in [3.63, 3.8) is 0 Å². The molecule has 0 spiro atoms. The zero-order valence-corrected chi connectivity index (χ0v) is 19.2. The molecule has 34 heavy (non-hydrogen) atoms. The minimum Gasteiger partial charge on any atom is -0.479 e. The maximum absolute atomic E-state index is 14.6. The van der Waals surface area contributed by atoms with E-state index in [0.29, 0.717) is 24.9 Å². The summed E-state index contributed by atoms with van der Waals surface area (Å²) in [5.74, 6) is -4.30. The quantitative estimate of drug-likeness (QED) is 0.447. The number of pyridine rings is 1. The molecule has 180 valence electrons. The molecule has 0 bridgehead atoms. The van der Waals surface area contributed by atoms with Crippen LogP contribution in [0.25, 0.3) is 11.1 Å². The van der Waals surface area contributed by atoms with Crippen LogP contribution in [0.3, 0.4) is 0 Å². The van der Waals surface area contributed by atoms with Gasteiger partial charge in [-0.05, 0) is 49.3 Å². The minimum absolute atomic E-state index is 0.0703. The summed E-state index contributed by atoms with van der Waals surface area (Å²) in [7, 11) is 3.75. The van der Waals surface area contributed by atoms with Crippen LogP contribution in [-0.2, 0) is 17.9 Å². The molecule has 0 saturated carbocycles. The molecule has 1 unspecified atom stereocenters. The van der Waals surface area contributed by atoms with E-state index in [-0.39, 0.29) is 6.42 Å². The number of benzene rings is 2. The normalized spacial score (nSPS) is 12.0. The second-order valence-corrected chi connectivity index (χ2v) is 7.98. The van der Waals surface area contributed by atoms with Gasteiger partial charge in [0.2, 0.25) is 0 Å². The Morgan fingerprint density at radius 2 is 1.79 bits per heavy atom. The van der Waals surface area contributed by atoms with Crippen LogP contribution in [0, 0.1) is 11.6 Å². The SMILES string of the molecule is CCC(Oc1nc(Oc2cc(-c3cccc(CN)c3)ccc2CN(C)C)c(F)cc1F)C(=O)O. The van der Waals surface area contributed by atoms with Crippen LogP contribution >= 0.6 is 0 Å². The summed E-state index contributed by atoms with van der Waals surface area (Å²) in [6, 6.07) is 13.8. The number of halogens is 2. The first-order chi connectivity index (χ1) is 16.2. The van der Waals surface area contributed by atoms with Gasteiger partial charge in [-0.1, -0.05) is 37.3 Å². The van der Waals surface area contributed by atoms with E-state index in [0.717, 1.165) is 22.3 Å². The number of carboxylic acid groups (broad SMARTS) is 1. The van der Waals surface area contributed by atoms with Crippen molar-refractivity contribution in [3.8, 4) is 28.6 Å². The van der Waals surface area contributed by atoms with E-state index >= 15 is 0 Å². The lowest BCUT2D eigenvalue weighted by Crippen LogP contribution is -2.26. The second kappa shape index (κ2) is 11.0. The highest BCUT2D eigenvalue weighted by Gasteiger charge is 2.23. The Balaban J connectivity index is 2.02. The number of rotatable bonds is 10. The van der Waals surface area contributed by atoms with Gasteiger partial charge in [0.25, 0.3) is 11.8 Å². The molecule has 1 aromatic heterocycles. The zero-order chi connectivity index (χ0) is 24.8. The molecule has 9 heteroatoms. The van der Waals surface area contributed by atoms with Crippen LogP contribution < -0.4 is 15.2 Å². The molecule has 7 nitrogen and oxygen atoms in total. The standard InChI is InChI=1S/C25H27F2N3O4/c1-4-21(25(31)32)33-23-19(26)12-20(27)24(29-23)34-22-11-17(8-9-18(22)14-30(2)3)16-7-5-6-15(10-16)13-28/h5-12,21H,4,13-14,28H2,1-3H3,(H,31,32). The molecule has 3 rings (SSSR count). The number of hydrogen-bond acceptors (Lipinski definition) is 6. The highest BCUT2D eigenvalue weighted by molar-refractivity contribution is 5.72. The van der Waals surface area contributed by atoms with Crippen molar-refractivity contribution in [2.24, 2.45) is 5.73 Å². The molecule has 0 radical (unpaired) electrons. The number of ether oxygens (including phenoxy) is 2. The molecule has 0 aliphatic heterocycles. The summed E-state index contributed by atoms with van der Waals surface area (Å²) in [4.78, 5) is 17.0. The third-order valence-electron chi connectivity index (χ3n) is 5.02. The summed E-state index contributed by atoms with van der Waals surface area (Å²) in [6.45, 7) is 2.44. The molecule has 0 fully saturated rings. The molecule has 0 aliphatic carbocycles. The second-order valence-electron chi connectivity index (χ2n) is 7.98. The predicted molar refractivity (Wildman–Crippen MR) is 124 cm³/mol. The lowest BCUT2D eigenvalue weighted by molar-refractivity contribution is -0.145. The van der Waals surface area contributed by atoms with Crippen molar-refractivity contribution in [1.82, 2.24) is 9.88 Å². The Kier molecular flexibility index (Phi) is 8.14. The molecule has 1 heterocycles. The fourth-order valence-corrected chi connectivity index (χ4v) is 3.31. The largest absolute Gasteiger partial charge is 0.479 e. The summed E-state index contributed by atoms with van der Waals surface area (Å²) >= 11 is 0. The lowest BCUT2D eigenvalue weighted by atomic mass is 10.0. The average molecular weight is 472 g/mol. The number of nitrogens with zero attached hydrogens (tertiary/aromatic N) is 2. The number of aliphatic carboxylic acids is 1. The number of aromatic nitrogens is 1. The predicted octanol–water partition coefficient (Wildman–Crippen LogP) is 4.58. The Labute approximate surface area is 196 Å². The number of carboxylic acids is 1. The first-order valence-corrected chi connectivity index (χ1v) is 10.7. The van der Waals surface area contributed by atoms with E-state index in [1.807, 2.05) is 55.4 Å². The van der Waals surface area contributed by atoms with Gasteiger partial charge in [-0.25, -0.2) is 13.6 Å². The Morgan fingerprint density at radius 3 is 2.44 bits per heavy atom. The molecule has 2 aromatic carbocycles. The van der Waals surface area contributed by atoms with E-state index < -0.39 is 35.5 Å². The zero-order valence-electron chi connectivity index (χ0n) is 19.2. The molecule has 3 N–H and O–H groups in total. The Hall–Kier alpha value is -3.56. The molecule has 0 amide bonds. The smallest absolute Gasteiger partial charge is 0.344 e. The summed E-state index contributed by atoms with van der Waals surface area (Å²) in [5.41, 5.74) is 9.16. The summed E-state index contributed by atoms with van der Waals surface area (Å²) in [5, 5.41) is 9.19. The van der Waals surface area contributed by atoms with Gasteiger partial charge < -0.3 is 25.2 Å². The minimum atomic E-state index is -1.33. The topological polar surface area (TPSA) is 97.9 Å². The van der Waals surface area contributed by atoms with E-state index in [1.54, 1.807) is 13.0 Å². The number of hydrogen-bond donors (Lipinski definition) is 2. The fourth-order valence-electron chi connectivity index (χ4n) is 3.31. The van der Waals surface area contributed by atoms with E-state index in [9.17, 15) is 18.7 Å². The van der Waals surface area contributed by atoms with Gasteiger partial charge in [-0.3, -0.25) is 0 Å². The van der Waals surface area contributed by atoms with Crippen molar-refractivity contribution in [2.45, 2.75) is 32.5 Å². The number of nitrogens with two attached hydrogens (primary N) is 1. The van der Waals surface area contributed by atoms with E-state index in [2.05, 4.69) is 4.98 Å². The molecule has 1 atom stereocenters. The van der Waals surface area contributed by atoms with Crippen molar-refractivity contribution in [2.75, 3.05) is 14.1 Å². The van der Waals surface area contributed by atoms with Crippen LogP contribution in [0.2, 0.25) is 0 Å². The van der Waals surface area contributed by atoms with Gasteiger partial charge in [0.1, 0.15) is 5.75 Å². The van der Waals surface area contributed by atoms with Crippen molar-refractivity contribution < 1.29 is 28.2 Å². The van der Waals surface area contributed by atoms with Crippen LogP contribution in [0.1, 0.15) is 24.5 Å². The maximum Gasteiger partial charge on any atom is 0.344 e. The summed E-state index contributed by atoms with van der Waals surface area (Å²) in [6.07, 6.45) is -1.26. The highest BCUT2D eigenvalue weighted by Crippen LogP contribution is 2.34. The molecular formula is C25H27F2N3O4. The van der Waals surface area contributed by atoms with Gasteiger partial charge in [-0.2, -0.15) is 4.98 Å². The van der Waals surface area contributed by atoms with Crippen LogP contribution in [-0.4, -0.2) is 41.2 Å². The maximum atomic E-state index is 14.6. The van der Waals surface area contributed by atoms with Crippen LogP contribution in [0.4, 0.5) is 8.78 Å². The van der Waals surface area contributed by atoms with Gasteiger partial charge in [0, 0.05) is 24.7 Å². The average Bonchev–Trinajstić information content (AvgIpc) is 2.80.